The van der Waals surface area contributed by atoms with E-state index >= 15 is 0 Å². The third-order valence-corrected chi connectivity index (χ3v) is 4.28. The van der Waals surface area contributed by atoms with Crippen LogP contribution in [0.4, 0.5) is 0 Å². The van der Waals surface area contributed by atoms with Crippen molar-refractivity contribution < 1.29 is 4.74 Å². The Hall–Kier alpha value is -1.06. The van der Waals surface area contributed by atoms with Gasteiger partial charge in [0.2, 0.25) is 0 Å². The fourth-order valence-corrected chi connectivity index (χ4v) is 2.69. The number of para-hydroxylation sites is 1. The zero-order valence-corrected chi connectivity index (χ0v) is 12.3. The van der Waals surface area contributed by atoms with Crippen molar-refractivity contribution in [2.45, 2.75) is 32.2 Å². The summed E-state index contributed by atoms with van der Waals surface area (Å²) < 4.78 is 5.94. The predicted molar refractivity (Wildman–Crippen MR) is 81.7 cm³/mol. The number of hydrogen-bond donors (Lipinski definition) is 1. The standard InChI is InChI=1S/C17H26N2O/c18-11-16-3-1-2-4-17(16)20-10-9-19(12-14-5-6-14)13-15-7-8-15/h1-4,14-15H,5-13,18H2. The van der Waals surface area contributed by atoms with Crippen LogP contribution in [0, 0.1) is 11.8 Å². The molecule has 2 saturated carbocycles. The molecule has 2 aliphatic rings. The van der Waals surface area contributed by atoms with Crippen LogP contribution in [0.3, 0.4) is 0 Å². The van der Waals surface area contributed by atoms with Crippen molar-refractivity contribution in [3.05, 3.63) is 29.8 Å². The molecular weight excluding hydrogens is 248 g/mol. The minimum Gasteiger partial charge on any atom is -0.492 e. The molecule has 1 aromatic carbocycles. The van der Waals surface area contributed by atoms with Crippen LogP contribution < -0.4 is 10.5 Å². The van der Waals surface area contributed by atoms with Gasteiger partial charge < -0.3 is 10.5 Å². The highest BCUT2D eigenvalue weighted by molar-refractivity contribution is 5.32. The number of nitrogens with two attached hydrogens (primary N) is 1. The van der Waals surface area contributed by atoms with Crippen molar-refractivity contribution in [1.82, 2.24) is 4.90 Å². The van der Waals surface area contributed by atoms with Gasteiger partial charge >= 0.3 is 0 Å². The van der Waals surface area contributed by atoms with E-state index in [1.54, 1.807) is 0 Å². The number of hydrogen-bond acceptors (Lipinski definition) is 3. The lowest BCUT2D eigenvalue weighted by Crippen LogP contribution is -2.32. The first-order chi connectivity index (χ1) is 9.85. The van der Waals surface area contributed by atoms with Crippen LogP contribution in [0.25, 0.3) is 0 Å². The first-order valence-corrected chi connectivity index (χ1v) is 7.98. The minimum atomic E-state index is 0.546. The average molecular weight is 274 g/mol. The van der Waals surface area contributed by atoms with Gasteiger partial charge in [-0.05, 0) is 43.6 Å². The van der Waals surface area contributed by atoms with E-state index in [9.17, 15) is 0 Å². The lowest BCUT2D eigenvalue weighted by molar-refractivity contribution is 0.196. The molecule has 0 radical (unpaired) electrons. The molecule has 20 heavy (non-hydrogen) atoms. The number of rotatable bonds is 9. The molecule has 0 saturated heterocycles. The van der Waals surface area contributed by atoms with Gasteiger partial charge in [0.1, 0.15) is 12.4 Å². The summed E-state index contributed by atoms with van der Waals surface area (Å²) in [6, 6.07) is 8.10. The summed E-state index contributed by atoms with van der Waals surface area (Å²) in [5.41, 5.74) is 6.84. The Morgan fingerprint density at radius 3 is 2.30 bits per heavy atom. The number of benzene rings is 1. The molecule has 2 N–H and O–H groups in total. The van der Waals surface area contributed by atoms with E-state index in [4.69, 9.17) is 10.5 Å². The Bertz CT molecular complexity index is 413. The van der Waals surface area contributed by atoms with Crippen LogP contribution in [-0.4, -0.2) is 31.1 Å². The van der Waals surface area contributed by atoms with Crippen molar-refractivity contribution in [2.24, 2.45) is 17.6 Å². The lowest BCUT2D eigenvalue weighted by atomic mass is 10.2. The van der Waals surface area contributed by atoms with Crippen molar-refractivity contribution >= 4 is 0 Å². The monoisotopic (exact) mass is 274 g/mol. The molecule has 3 rings (SSSR count). The summed E-state index contributed by atoms with van der Waals surface area (Å²) in [4.78, 5) is 2.61. The van der Waals surface area contributed by atoms with Gasteiger partial charge in [-0.2, -0.15) is 0 Å². The fourth-order valence-electron chi connectivity index (χ4n) is 2.69. The van der Waals surface area contributed by atoms with Crippen LogP contribution in [0.5, 0.6) is 5.75 Å². The highest BCUT2D eigenvalue weighted by atomic mass is 16.5. The largest absolute Gasteiger partial charge is 0.492 e. The predicted octanol–water partition coefficient (Wildman–Crippen LogP) is 2.65. The third-order valence-electron chi connectivity index (χ3n) is 4.28. The van der Waals surface area contributed by atoms with Crippen LogP contribution >= 0.6 is 0 Å². The molecule has 0 spiro atoms. The van der Waals surface area contributed by atoms with Crippen LogP contribution in [0.15, 0.2) is 24.3 Å². The summed E-state index contributed by atoms with van der Waals surface area (Å²) in [7, 11) is 0. The number of ether oxygens (including phenoxy) is 1. The van der Waals surface area contributed by atoms with E-state index in [1.807, 2.05) is 24.3 Å². The molecule has 3 heteroatoms. The molecule has 2 aliphatic carbocycles. The Morgan fingerprint density at radius 2 is 1.70 bits per heavy atom. The summed E-state index contributed by atoms with van der Waals surface area (Å²) in [5, 5.41) is 0. The maximum absolute atomic E-state index is 5.94. The molecular formula is C17H26N2O. The molecule has 0 aromatic heterocycles. The van der Waals surface area contributed by atoms with Crippen LogP contribution in [0.2, 0.25) is 0 Å². The summed E-state index contributed by atoms with van der Waals surface area (Å²) in [6.45, 7) is 4.92. The highest BCUT2D eigenvalue weighted by Crippen LogP contribution is 2.33. The fraction of sp³-hybridized carbons (Fsp3) is 0.647. The normalized spacial score (nSPS) is 18.5. The van der Waals surface area contributed by atoms with Gasteiger partial charge in [-0.3, -0.25) is 4.90 Å². The van der Waals surface area contributed by atoms with Crippen molar-refractivity contribution in [1.29, 1.82) is 0 Å². The quantitative estimate of drug-likeness (QED) is 0.752. The zero-order valence-electron chi connectivity index (χ0n) is 12.3. The minimum absolute atomic E-state index is 0.546. The number of nitrogens with zero attached hydrogens (tertiary/aromatic N) is 1. The molecule has 0 unspecified atom stereocenters. The molecule has 0 bridgehead atoms. The second kappa shape index (κ2) is 6.59. The molecule has 0 atom stereocenters. The van der Waals surface area contributed by atoms with Gasteiger partial charge in [-0.15, -0.1) is 0 Å². The maximum Gasteiger partial charge on any atom is 0.123 e. The van der Waals surface area contributed by atoms with E-state index in [1.165, 1.54) is 38.8 Å². The second-order valence-corrected chi connectivity index (χ2v) is 6.31. The Kier molecular flexibility index (Phi) is 4.58. The van der Waals surface area contributed by atoms with Crippen molar-refractivity contribution in [3.8, 4) is 5.75 Å². The lowest BCUT2D eigenvalue weighted by Gasteiger charge is -2.22. The smallest absolute Gasteiger partial charge is 0.123 e. The van der Waals surface area contributed by atoms with E-state index in [2.05, 4.69) is 4.90 Å². The van der Waals surface area contributed by atoms with E-state index < -0.39 is 0 Å². The summed E-state index contributed by atoms with van der Waals surface area (Å²) >= 11 is 0. The summed E-state index contributed by atoms with van der Waals surface area (Å²) in [5.74, 6) is 2.88. The van der Waals surface area contributed by atoms with Gasteiger partial charge in [-0.1, -0.05) is 18.2 Å². The molecule has 110 valence electrons. The molecule has 3 nitrogen and oxygen atoms in total. The Balaban J connectivity index is 1.46. The molecule has 0 heterocycles. The van der Waals surface area contributed by atoms with Gasteiger partial charge in [0.15, 0.2) is 0 Å². The zero-order chi connectivity index (χ0) is 13.8. The first-order valence-electron chi connectivity index (χ1n) is 7.98. The van der Waals surface area contributed by atoms with Crippen molar-refractivity contribution in [2.75, 3.05) is 26.2 Å². The SMILES string of the molecule is NCc1ccccc1OCCN(CC1CC1)CC1CC1. The van der Waals surface area contributed by atoms with Crippen LogP contribution in [-0.2, 0) is 6.54 Å². The van der Waals surface area contributed by atoms with Gasteiger partial charge in [0.05, 0.1) is 0 Å². The first kappa shape index (κ1) is 13.9. The summed E-state index contributed by atoms with van der Waals surface area (Å²) in [6.07, 6.45) is 5.71. The van der Waals surface area contributed by atoms with Gasteiger partial charge in [0, 0.05) is 31.7 Å². The van der Waals surface area contributed by atoms with E-state index in [0.29, 0.717) is 6.54 Å². The van der Waals surface area contributed by atoms with Crippen molar-refractivity contribution in [3.63, 3.8) is 0 Å². The maximum atomic E-state index is 5.94. The van der Waals surface area contributed by atoms with Gasteiger partial charge in [0.25, 0.3) is 0 Å². The Labute approximate surface area is 122 Å². The third kappa shape index (κ3) is 4.22. The molecule has 0 aliphatic heterocycles. The van der Waals surface area contributed by atoms with E-state index in [0.717, 1.165) is 36.3 Å². The topological polar surface area (TPSA) is 38.5 Å². The Morgan fingerprint density at radius 1 is 1.05 bits per heavy atom. The van der Waals surface area contributed by atoms with E-state index in [-0.39, 0.29) is 0 Å². The van der Waals surface area contributed by atoms with Gasteiger partial charge in [-0.25, -0.2) is 0 Å². The molecule has 1 aromatic rings. The second-order valence-electron chi connectivity index (χ2n) is 6.31. The molecule has 2 fully saturated rings. The molecule has 0 amide bonds. The average Bonchev–Trinajstić information content (AvgIpc) is 3.35. The van der Waals surface area contributed by atoms with Crippen LogP contribution in [0.1, 0.15) is 31.2 Å². The highest BCUT2D eigenvalue weighted by Gasteiger charge is 2.28.